The maximum absolute atomic E-state index is 13.6. The number of rotatable bonds is 7. The minimum absolute atomic E-state index is 0.0525. The first-order valence-corrected chi connectivity index (χ1v) is 8.02. The predicted octanol–water partition coefficient (Wildman–Crippen LogP) is 1.77. The zero-order valence-corrected chi connectivity index (χ0v) is 11.8. The second kappa shape index (κ2) is 5.98. The summed E-state index contributed by atoms with van der Waals surface area (Å²) in [6, 6.07) is 3.98. The molecule has 6 heteroatoms. The molecule has 0 atom stereocenters. The molecule has 0 aliphatic heterocycles. The van der Waals surface area contributed by atoms with Crippen molar-refractivity contribution in [3.8, 4) is 0 Å². The third kappa shape index (κ3) is 3.99. The number of nitrogens with one attached hydrogen (secondary N) is 2. The van der Waals surface area contributed by atoms with Gasteiger partial charge in [0.15, 0.2) is 0 Å². The van der Waals surface area contributed by atoms with E-state index in [0.29, 0.717) is 12.1 Å². The number of hydrogen-bond acceptors (Lipinski definition) is 3. The average Bonchev–Trinajstić information content (AvgIpc) is 3.14. The van der Waals surface area contributed by atoms with E-state index in [1.54, 1.807) is 0 Å². The molecule has 106 valence electrons. The number of sulfonamides is 1. The molecule has 0 amide bonds. The third-order valence-electron chi connectivity index (χ3n) is 2.97. The molecule has 0 unspecified atom stereocenters. The van der Waals surface area contributed by atoms with Crippen LogP contribution in [0.25, 0.3) is 0 Å². The molecule has 2 rings (SSSR count). The van der Waals surface area contributed by atoms with E-state index in [2.05, 4.69) is 10.0 Å². The van der Waals surface area contributed by atoms with Gasteiger partial charge >= 0.3 is 0 Å². The predicted molar refractivity (Wildman–Crippen MR) is 71.7 cm³/mol. The third-order valence-corrected chi connectivity index (χ3v) is 4.49. The Kier molecular flexibility index (Phi) is 4.54. The van der Waals surface area contributed by atoms with E-state index < -0.39 is 10.0 Å². The van der Waals surface area contributed by atoms with Gasteiger partial charge in [-0.1, -0.05) is 6.92 Å². The summed E-state index contributed by atoms with van der Waals surface area (Å²) in [5.74, 6) is -0.381. The fraction of sp³-hybridized carbons (Fsp3) is 0.538. The van der Waals surface area contributed by atoms with Gasteiger partial charge in [0.05, 0.1) is 4.90 Å². The van der Waals surface area contributed by atoms with Crippen LogP contribution in [0.5, 0.6) is 0 Å². The number of benzene rings is 1. The van der Waals surface area contributed by atoms with Gasteiger partial charge in [0.25, 0.3) is 0 Å². The van der Waals surface area contributed by atoms with Crippen LogP contribution in [0.15, 0.2) is 23.1 Å². The fourth-order valence-electron chi connectivity index (χ4n) is 1.74. The number of halogens is 1. The molecule has 0 bridgehead atoms. The summed E-state index contributed by atoms with van der Waals surface area (Å²) in [5, 5.41) is 3.07. The zero-order chi connectivity index (χ0) is 13.9. The molecule has 2 N–H and O–H groups in total. The van der Waals surface area contributed by atoms with E-state index in [4.69, 9.17) is 0 Å². The first kappa shape index (κ1) is 14.4. The summed E-state index contributed by atoms with van der Waals surface area (Å²) in [7, 11) is -3.51. The van der Waals surface area contributed by atoms with Crippen LogP contribution in [0, 0.1) is 5.82 Å². The van der Waals surface area contributed by atoms with Crippen LogP contribution >= 0.6 is 0 Å². The molecular weight excluding hydrogens is 267 g/mol. The maximum Gasteiger partial charge on any atom is 0.240 e. The number of hydrogen-bond donors (Lipinski definition) is 2. The zero-order valence-electron chi connectivity index (χ0n) is 10.9. The Hall–Kier alpha value is -0.980. The second-order valence-corrected chi connectivity index (χ2v) is 6.54. The maximum atomic E-state index is 13.6. The Labute approximate surface area is 113 Å². The minimum Gasteiger partial charge on any atom is -0.313 e. The lowest BCUT2D eigenvalue weighted by Crippen LogP contribution is -2.26. The highest BCUT2D eigenvalue weighted by atomic mass is 32.2. The molecule has 4 nitrogen and oxygen atoms in total. The highest BCUT2D eigenvalue weighted by Gasteiger charge is 2.28. The van der Waals surface area contributed by atoms with Crippen LogP contribution in [0.1, 0.15) is 31.7 Å². The van der Waals surface area contributed by atoms with E-state index in [1.165, 1.54) is 18.2 Å². The molecule has 0 aromatic heterocycles. The summed E-state index contributed by atoms with van der Waals surface area (Å²) in [5.41, 5.74) is 0.382. The van der Waals surface area contributed by atoms with Crippen molar-refractivity contribution >= 4 is 10.0 Å². The van der Waals surface area contributed by atoms with Crippen molar-refractivity contribution in [2.75, 3.05) is 6.54 Å². The van der Waals surface area contributed by atoms with Crippen LogP contribution in [0.3, 0.4) is 0 Å². The molecule has 1 aromatic carbocycles. The lowest BCUT2D eigenvalue weighted by atomic mass is 10.2. The van der Waals surface area contributed by atoms with E-state index in [1.807, 2.05) is 6.92 Å². The van der Waals surface area contributed by atoms with Gasteiger partial charge in [0, 0.05) is 18.2 Å². The molecule has 1 aliphatic carbocycles. The van der Waals surface area contributed by atoms with Gasteiger partial charge in [0.2, 0.25) is 10.0 Å². The quantitative estimate of drug-likeness (QED) is 0.751. The van der Waals surface area contributed by atoms with Crippen molar-refractivity contribution in [1.29, 1.82) is 0 Å². The first-order valence-electron chi connectivity index (χ1n) is 6.54. The van der Waals surface area contributed by atoms with Crippen LogP contribution in [0.2, 0.25) is 0 Å². The van der Waals surface area contributed by atoms with Crippen molar-refractivity contribution in [2.24, 2.45) is 0 Å². The summed E-state index contributed by atoms with van der Waals surface area (Å²) < 4.78 is 40.2. The monoisotopic (exact) mass is 286 g/mol. The molecule has 1 fully saturated rings. The molecule has 19 heavy (non-hydrogen) atoms. The van der Waals surface area contributed by atoms with E-state index in [-0.39, 0.29) is 16.8 Å². The van der Waals surface area contributed by atoms with E-state index in [0.717, 1.165) is 25.8 Å². The largest absolute Gasteiger partial charge is 0.313 e. The summed E-state index contributed by atoms with van der Waals surface area (Å²) in [6.07, 6.45) is 2.71. The summed E-state index contributed by atoms with van der Waals surface area (Å²) in [4.78, 5) is 0.133. The van der Waals surface area contributed by atoms with E-state index >= 15 is 0 Å². The van der Waals surface area contributed by atoms with Crippen molar-refractivity contribution in [3.05, 3.63) is 29.6 Å². The molecule has 0 heterocycles. The van der Waals surface area contributed by atoms with E-state index in [9.17, 15) is 12.8 Å². The normalized spacial score (nSPS) is 15.7. The van der Waals surface area contributed by atoms with Crippen LogP contribution < -0.4 is 10.0 Å². The van der Waals surface area contributed by atoms with Gasteiger partial charge in [-0.05, 0) is 44.0 Å². The Bertz CT molecular complexity index is 542. The molecule has 1 saturated carbocycles. The average molecular weight is 286 g/mol. The second-order valence-electron chi connectivity index (χ2n) is 4.83. The van der Waals surface area contributed by atoms with Crippen LogP contribution in [0.4, 0.5) is 4.39 Å². The van der Waals surface area contributed by atoms with Gasteiger partial charge < -0.3 is 5.32 Å². The van der Waals surface area contributed by atoms with Crippen molar-refractivity contribution in [3.63, 3.8) is 0 Å². The Morgan fingerprint density at radius 1 is 1.37 bits per heavy atom. The topological polar surface area (TPSA) is 58.2 Å². The SMILES string of the molecule is CCCNCc1cc(S(=O)(=O)NC2CC2)ccc1F. The smallest absolute Gasteiger partial charge is 0.240 e. The van der Waals surface area contributed by atoms with Crippen LogP contribution in [-0.2, 0) is 16.6 Å². The highest BCUT2D eigenvalue weighted by Crippen LogP contribution is 2.23. The Balaban J connectivity index is 2.14. The summed E-state index contributed by atoms with van der Waals surface area (Å²) >= 11 is 0. The lowest BCUT2D eigenvalue weighted by Gasteiger charge is -2.09. The minimum atomic E-state index is -3.51. The standard InChI is InChI=1S/C13H19FN2O2S/c1-2-7-15-9-10-8-12(5-6-13(10)14)19(17,18)16-11-3-4-11/h5-6,8,11,15-16H,2-4,7,9H2,1H3. The van der Waals surface area contributed by atoms with Gasteiger partial charge in [-0.3, -0.25) is 0 Å². The van der Waals surface area contributed by atoms with Crippen LogP contribution in [-0.4, -0.2) is 21.0 Å². The molecule has 0 saturated heterocycles. The highest BCUT2D eigenvalue weighted by molar-refractivity contribution is 7.89. The van der Waals surface area contributed by atoms with Gasteiger partial charge in [-0.15, -0.1) is 0 Å². The van der Waals surface area contributed by atoms with Gasteiger partial charge in [0.1, 0.15) is 5.82 Å². The van der Waals surface area contributed by atoms with Crippen molar-refractivity contribution < 1.29 is 12.8 Å². The Morgan fingerprint density at radius 2 is 2.11 bits per heavy atom. The van der Waals surface area contributed by atoms with Gasteiger partial charge in [-0.2, -0.15) is 0 Å². The molecule has 0 spiro atoms. The summed E-state index contributed by atoms with van der Waals surface area (Å²) in [6.45, 7) is 3.13. The molecule has 1 aromatic rings. The molecule has 0 radical (unpaired) electrons. The first-order chi connectivity index (χ1) is 9.03. The molecular formula is C13H19FN2O2S. The van der Waals surface area contributed by atoms with Crippen molar-refractivity contribution in [1.82, 2.24) is 10.0 Å². The Morgan fingerprint density at radius 3 is 2.74 bits per heavy atom. The fourth-order valence-corrected chi connectivity index (χ4v) is 3.10. The van der Waals surface area contributed by atoms with Crippen molar-refractivity contribution in [2.45, 2.75) is 43.7 Å². The van der Waals surface area contributed by atoms with Gasteiger partial charge in [-0.25, -0.2) is 17.5 Å². The lowest BCUT2D eigenvalue weighted by molar-refractivity contribution is 0.574. The molecule has 1 aliphatic rings.